The number of nitrogens with one attached hydrogen (secondary N) is 3. The third kappa shape index (κ3) is 5.63. The van der Waals surface area contributed by atoms with E-state index in [1.54, 1.807) is 18.2 Å². The maximum Gasteiger partial charge on any atom is 0.322 e. The van der Waals surface area contributed by atoms with Crippen molar-refractivity contribution in [2.24, 2.45) is 11.3 Å². The normalized spacial score (nSPS) is 21.4. The van der Waals surface area contributed by atoms with E-state index in [9.17, 15) is 9.59 Å². The largest absolute Gasteiger partial charge is 0.493 e. The molecule has 1 saturated carbocycles. The quantitative estimate of drug-likeness (QED) is 0.388. The van der Waals surface area contributed by atoms with Gasteiger partial charge >= 0.3 is 6.03 Å². The summed E-state index contributed by atoms with van der Waals surface area (Å²) in [5.74, 6) is 2.19. The van der Waals surface area contributed by atoms with Crippen LogP contribution in [0, 0.1) is 11.3 Å². The zero-order chi connectivity index (χ0) is 28.6. The number of tetrazole rings is 1. The van der Waals surface area contributed by atoms with Crippen molar-refractivity contribution < 1.29 is 23.8 Å². The molecular formula is C29H35N7O5. The molecule has 3 N–H and O–H groups in total. The number of rotatable bonds is 5. The molecule has 12 heteroatoms. The fraction of sp³-hybridized carbons (Fsp3) is 0.483. The Hall–Kier alpha value is -4.35. The molecule has 41 heavy (non-hydrogen) atoms. The summed E-state index contributed by atoms with van der Waals surface area (Å²) in [7, 11) is 0. The number of hydrogen-bond acceptors (Lipinski definition) is 8. The van der Waals surface area contributed by atoms with Crippen LogP contribution in [0.15, 0.2) is 36.4 Å². The van der Waals surface area contributed by atoms with E-state index in [2.05, 4.69) is 52.0 Å². The topological polar surface area (TPSA) is 144 Å². The molecule has 6 rings (SSSR count). The van der Waals surface area contributed by atoms with Crippen LogP contribution in [0.2, 0.25) is 0 Å². The molecule has 0 radical (unpaired) electrons. The van der Waals surface area contributed by atoms with Gasteiger partial charge in [0.2, 0.25) is 6.79 Å². The van der Waals surface area contributed by atoms with Gasteiger partial charge < -0.3 is 24.4 Å². The van der Waals surface area contributed by atoms with Crippen molar-refractivity contribution in [1.82, 2.24) is 25.5 Å². The number of nitrogens with zero attached hydrogens (tertiary/aromatic N) is 4. The lowest BCUT2D eigenvalue weighted by atomic mass is 9.71. The highest BCUT2D eigenvalue weighted by atomic mass is 16.7. The number of fused-ring (bicyclic) bond motifs is 2. The first-order valence-electron chi connectivity index (χ1n) is 14.1. The predicted octanol–water partition coefficient (Wildman–Crippen LogP) is 5.14. The zero-order valence-electron chi connectivity index (χ0n) is 23.5. The second-order valence-electron chi connectivity index (χ2n) is 11.9. The maximum atomic E-state index is 14.1. The van der Waals surface area contributed by atoms with E-state index >= 15 is 0 Å². The highest BCUT2D eigenvalue weighted by molar-refractivity contribution is 6.03. The van der Waals surface area contributed by atoms with E-state index in [0.717, 1.165) is 31.2 Å². The SMILES string of the molecule is CC(C)(C)C1CCC(N(C(=O)Nc2ccc3c(c2)OCO3)C2CCOc3cc(C(=O)Nc4nn[nH]n4)ccc32)CC1. The highest BCUT2D eigenvalue weighted by Gasteiger charge is 2.39. The van der Waals surface area contributed by atoms with Crippen molar-refractivity contribution in [1.29, 1.82) is 0 Å². The molecule has 1 aromatic heterocycles. The molecule has 12 nitrogen and oxygen atoms in total. The first kappa shape index (κ1) is 26.9. The van der Waals surface area contributed by atoms with Gasteiger partial charge in [-0.05, 0) is 66.5 Å². The number of H-pyrrole nitrogens is 1. The molecule has 3 aromatic rings. The van der Waals surface area contributed by atoms with Crippen molar-refractivity contribution in [2.75, 3.05) is 24.0 Å². The van der Waals surface area contributed by atoms with E-state index in [-0.39, 0.29) is 42.2 Å². The average Bonchev–Trinajstić information content (AvgIpc) is 3.65. The smallest absolute Gasteiger partial charge is 0.322 e. The summed E-state index contributed by atoms with van der Waals surface area (Å²) in [4.78, 5) is 28.9. The Morgan fingerprint density at radius 2 is 1.73 bits per heavy atom. The van der Waals surface area contributed by atoms with Crippen molar-refractivity contribution in [2.45, 2.75) is 65.0 Å². The number of carbonyl (C=O) groups is 2. The predicted molar refractivity (Wildman–Crippen MR) is 150 cm³/mol. The van der Waals surface area contributed by atoms with Crippen LogP contribution in [0.25, 0.3) is 0 Å². The van der Waals surface area contributed by atoms with Crippen LogP contribution in [0.3, 0.4) is 0 Å². The fourth-order valence-electron chi connectivity index (χ4n) is 6.13. The maximum absolute atomic E-state index is 14.1. The fourth-order valence-corrected chi connectivity index (χ4v) is 6.13. The molecule has 1 atom stereocenters. The first-order chi connectivity index (χ1) is 19.8. The number of carbonyl (C=O) groups excluding carboxylic acids is 2. The third-order valence-electron chi connectivity index (χ3n) is 8.36. The van der Waals surface area contributed by atoms with E-state index in [1.807, 2.05) is 23.1 Å². The van der Waals surface area contributed by atoms with Crippen LogP contribution in [-0.2, 0) is 0 Å². The molecule has 216 valence electrons. The van der Waals surface area contributed by atoms with Crippen molar-refractivity contribution in [3.63, 3.8) is 0 Å². The van der Waals surface area contributed by atoms with Crippen LogP contribution >= 0.6 is 0 Å². The summed E-state index contributed by atoms with van der Waals surface area (Å²) >= 11 is 0. The van der Waals surface area contributed by atoms with Gasteiger partial charge in [-0.1, -0.05) is 31.9 Å². The summed E-state index contributed by atoms with van der Waals surface area (Å²) < 4.78 is 17.0. The van der Waals surface area contributed by atoms with Crippen molar-refractivity contribution in [3.8, 4) is 17.2 Å². The number of anilines is 2. The average molecular weight is 562 g/mol. The lowest BCUT2D eigenvalue weighted by Gasteiger charge is -2.45. The Balaban J connectivity index is 1.27. The molecular weight excluding hydrogens is 526 g/mol. The van der Waals surface area contributed by atoms with Crippen LogP contribution in [0.1, 0.15) is 74.8 Å². The molecule has 3 heterocycles. The van der Waals surface area contributed by atoms with E-state index < -0.39 is 0 Å². The van der Waals surface area contributed by atoms with Gasteiger partial charge in [0.25, 0.3) is 11.9 Å². The van der Waals surface area contributed by atoms with Gasteiger partial charge in [-0.15, -0.1) is 5.10 Å². The standard InChI is InChI=1S/C29H35N7O5/c1-29(2,3)18-5-8-20(9-6-18)36(28(38)30-19-7-11-23-25(15-19)41-16-40-23)22-12-13-39-24-14-17(4-10-21(22)24)26(37)31-27-32-34-35-33-27/h4,7,10-11,14-15,18,20,22H,5-6,8-9,12-13,16H2,1-3H3,(H,30,38)(H2,31,32,33,34,35,37). The molecule has 3 amide bonds. The molecule has 1 aliphatic carbocycles. The van der Waals surface area contributed by atoms with Gasteiger partial charge in [0.05, 0.1) is 12.6 Å². The van der Waals surface area contributed by atoms with Crippen LogP contribution in [0.5, 0.6) is 17.2 Å². The third-order valence-corrected chi connectivity index (χ3v) is 8.36. The Morgan fingerprint density at radius 1 is 0.927 bits per heavy atom. The Kier molecular flexibility index (Phi) is 7.14. The number of urea groups is 1. The Morgan fingerprint density at radius 3 is 2.49 bits per heavy atom. The van der Waals surface area contributed by atoms with E-state index in [4.69, 9.17) is 14.2 Å². The number of amides is 3. The molecule has 1 fully saturated rings. The Labute approximate surface area is 238 Å². The first-order valence-corrected chi connectivity index (χ1v) is 14.1. The molecule has 2 aromatic carbocycles. The number of ether oxygens (including phenoxy) is 3. The Bertz CT molecular complexity index is 1410. The van der Waals surface area contributed by atoms with Crippen LogP contribution < -0.4 is 24.8 Å². The van der Waals surface area contributed by atoms with Gasteiger partial charge in [0.15, 0.2) is 11.5 Å². The minimum absolute atomic E-state index is 0.0692. The number of aromatic nitrogens is 4. The zero-order valence-corrected chi connectivity index (χ0v) is 23.5. The lowest BCUT2D eigenvalue weighted by Crippen LogP contribution is -2.48. The van der Waals surface area contributed by atoms with E-state index in [1.165, 1.54) is 0 Å². The minimum Gasteiger partial charge on any atom is -0.493 e. The van der Waals surface area contributed by atoms with Gasteiger partial charge in [0.1, 0.15) is 5.75 Å². The minimum atomic E-state index is -0.377. The monoisotopic (exact) mass is 561 g/mol. The van der Waals surface area contributed by atoms with Gasteiger partial charge in [-0.25, -0.2) is 4.79 Å². The number of aromatic amines is 1. The summed E-state index contributed by atoms with van der Waals surface area (Å²) in [6, 6.07) is 10.4. The molecule has 0 spiro atoms. The molecule has 2 aliphatic heterocycles. The van der Waals surface area contributed by atoms with Crippen molar-refractivity contribution in [3.05, 3.63) is 47.5 Å². The summed E-state index contributed by atoms with van der Waals surface area (Å²) in [5, 5.41) is 19.0. The molecule has 3 aliphatic rings. The number of benzene rings is 2. The summed E-state index contributed by atoms with van der Waals surface area (Å²) in [6.45, 7) is 7.48. The molecule has 1 unspecified atom stereocenters. The lowest BCUT2D eigenvalue weighted by molar-refractivity contribution is 0.0768. The van der Waals surface area contributed by atoms with Gasteiger partial charge in [-0.3, -0.25) is 10.1 Å². The van der Waals surface area contributed by atoms with Gasteiger partial charge in [-0.2, -0.15) is 5.21 Å². The summed E-state index contributed by atoms with van der Waals surface area (Å²) in [5.41, 5.74) is 2.16. The van der Waals surface area contributed by atoms with Crippen molar-refractivity contribution >= 4 is 23.6 Å². The summed E-state index contributed by atoms with van der Waals surface area (Å²) in [6.07, 6.45) is 4.62. The number of hydrogen-bond donors (Lipinski definition) is 3. The van der Waals surface area contributed by atoms with Crippen LogP contribution in [0.4, 0.5) is 16.4 Å². The molecule has 0 bridgehead atoms. The highest BCUT2D eigenvalue weighted by Crippen LogP contribution is 2.44. The van der Waals surface area contributed by atoms with E-state index in [0.29, 0.717) is 47.4 Å². The van der Waals surface area contributed by atoms with Gasteiger partial charge in [0, 0.05) is 35.3 Å². The second kappa shape index (κ2) is 10.9. The van der Waals surface area contributed by atoms with Crippen LogP contribution in [-0.4, -0.2) is 56.9 Å². The second-order valence-corrected chi connectivity index (χ2v) is 11.9. The molecule has 0 saturated heterocycles.